The van der Waals surface area contributed by atoms with Crippen LogP contribution in [0.4, 0.5) is 4.79 Å². The maximum Gasteiger partial charge on any atom is 0.315 e. The monoisotopic (exact) mass is 268 g/mol. The Hall–Kier alpha value is -1.26. The standard InChI is InChI=1S/C13H17ClN2O2/c14-11-4-1-3-10(7-11)8-15-13(17)16-9-12-5-2-6-18-12/h1,3-4,7,12H,2,5-6,8-9H2,(H2,15,16,17). The average molecular weight is 269 g/mol. The first kappa shape index (κ1) is 13.2. The quantitative estimate of drug-likeness (QED) is 0.881. The number of rotatable bonds is 4. The fourth-order valence-electron chi connectivity index (χ4n) is 1.90. The summed E-state index contributed by atoms with van der Waals surface area (Å²) in [6, 6.07) is 7.26. The smallest absolute Gasteiger partial charge is 0.315 e. The molecule has 1 aliphatic heterocycles. The number of ether oxygens (including phenoxy) is 1. The van der Waals surface area contributed by atoms with Crippen LogP contribution in [0.3, 0.4) is 0 Å². The number of halogens is 1. The summed E-state index contributed by atoms with van der Waals surface area (Å²) in [6.07, 6.45) is 2.27. The largest absolute Gasteiger partial charge is 0.376 e. The second kappa shape index (κ2) is 6.61. The predicted molar refractivity (Wildman–Crippen MR) is 70.7 cm³/mol. The van der Waals surface area contributed by atoms with E-state index in [2.05, 4.69) is 10.6 Å². The molecule has 1 aliphatic rings. The number of carbonyl (C=O) groups is 1. The molecule has 18 heavy (non-hydrogen) atoms. The molecule has 0 radical (unpaired) electrons. The zero-order valence-electron chi connectivity index (χ0n) is 10.1. The molecule has 1 fully saturated rings. The molecule has 2 rings (SSSR count). The van der Waals surface area contributed by atoms with Crippen LogP contribution in [0.2, 0.25) is 5.02 Å². The van der Waals surface area contributed by atoms with Crippen LogP contribution < -0.4 is 10.6 Å². The van der Waals surface area contributed by atoms with Gasteiger partial charge in [-0.3, -0.25) is 0 Å². The van der Waals surface area contributed by atoms with Gasteiger partial charge in [0.15, 0.2) is 0 Å². The molecule has 5 heteroatoms. The summed E-state index contributed by atoms with van der Waals surface area (Å²) < 4.78 is 5.42. The van der Waals surface area contributed by atoms with Crippen molar-refractivity contribution in [2.24, 2.45) is 0 Å². The molecule has 98 valence electrons. The summed E-state index contributed by atoms with van der Waals surface area (Å²) in [7, 11) is 0. The van der Waals surface area contributed by atoms with Gasteiger partial charge in [0.2, 0.25) is 0 Å². The molecule has 2 amide bonds. The van der Waals surface area contributed by atoms with Crippen LogP contribution in [0.15, 0.2) is 24.3 Å². The van der Waals surface area contributed by atoms with Crippen molar-refractivity contribution in [3.05, 3.63) is 34.9 Å². The fraction of sp³-hybridized carbons (Fsp3) is 0.462. The SMILES string of the molecule is O=C(NCc1cccc(Cl)c1)NCC1CCCO1. The molecule has 1 saturated heterocycles. The van der Waals surface area contributed by atoms with E-state index in [9.17, 15) is 4.79 Å². The Morgan fingerprint density at radius 2 is 2.33 bits per heavy atom. The first-order valence-corrected chi connectivity index (χ1v) is 6.49. The van der Waals surface area contributed by atoms with E-state index in [0.717, 1.165) is 25.0 Å². The van der Waals surface area contributed by atoms with E-state index in [1.54, 1.807) is 0 Å². The zero-order valence-corrected chi connectivity index (χ0v) is 10.9. The third-order valence-corrected chi connectivity index (χ3v) is 3.09. The average Bonchev–Trinajstić information content (AvgIpc) is 2.87. The molecule has 4 nitrogen and oxygen atoms in total. The second-order valence-corrected chi connectivity index (χ2v) is 4.76. The van der Waals surface area contributed by atoms with E-state index in [1.807, 2.05) is 24.3 Å². The summed E-state index contributed by atoms with van der Waals surface area (Å²) >= 11 is 5.86. The summed E-state index contributed by atoms with van der Waals surface area (Å²) in [4.78, 5) is 11.5. The molecule has 1 aromatic rings. The third-order valence-electron chi connectivity index (χ3n) is 2.86. The number of hydrogen-bond donors (Lipinski definition) is 2. The zero-order chi connectivity index (χ0) is 12.8. The topological polar surface area (TPSA) is 50.4 Å². The Bertz CT molecular complexity index is 406. The van der Waals surface area contributed by atoms with Crippen molar-refractivity contribution in [3.63, 3.8) is 0 Å². The van der Waals surface area contributed by atoms with E-state index in [0.29, 0.717) is 18.1 Å². The Labute approximate surface area is 112 Å². The lowest BCUT2D eigenvalue weighted by molar-refractivity contribution is 0.111. The summed E-state index contributed by atoms with van der Waals surface area (Å²) in [5.74, 6) is 0. The summed E-state index contributed by atoms with van der Waals surface area (Å²) in [5, 5.41) is 6.26. The number of amides is 2. The van der Waals surface area contributed by atoms with Crippen LogP contribution in [0.5, 0.6) is 0 Å². The first-order chi connectivity index (χ1) is 8.74. The van der Waals surface area contributed by atoms with Crippen LogP contribution in [0.1, 0.15) is 18.4 Å². The maximum absolute atomic E-state index is 11.5. The number of carbonyl (C=O) groups excluding carboxylic acids is 1. The molecule has 1 unspecified atom stereocenters. The van der Waals surface area contributed by atoms with Gasteiger partial charge in [-0.15, -0.1) is 0 Å². The number of nitrogens with one attached hydrogen (secondary N) is 2. The molecule has 1 aromatic carbocycles. The lowest BCUT2D eigenvalue weighted by Gasteiger charge is -2.11. The van der Waals surface area contributed by atoms with Gasteiger partial charge in [-0.05, 0) is 30.5 Å². The summed E-state index contributed by atoms with van der Waals surface area (Å²) in [5.41, 5.74) is 0.981. The second-order valence-electron chi connectivity index (χ2n) is 4.33. The van der Waals surface area contributed by atoms with Gasteiger partial charge in [-0.1, -0.05) is 23.7 Å². The molecule has 1 atom stereocenters. The van der Waals surface area contributed by atoms with Crippen LogP contribution >= 0.6 is 11.6 Å². The lowest BCUT2D eigenvalue weighted by atomic mass is 10.2. The van der Waals surface area contributed by atoms with Crippen LogP contribution in [-0.4, -0.2) is 25.3 Å². The van der Waals surface area contributed by atoms with Crippen molar-refractivity contribution in [2.45, 2.75) is 25.5 Å². The van der Waals surface area contributed by atoms with Crippen molar-refractivity contribution in [1.82, 2.24) is 10.6 Å². The van der Waals surface area contributed by atoms with Gasteiger partial charge < -0.3 is 15.4 Å². The van der Waals surface area contributed by atoms with E-state index in [1.165, 1.54) is 0 Å². The van der Waals surface area contributed by atoms with Gasteiger partial charge >= 0.3 is 6.03 Å². The summed E-state index contributed by atoms with van der Waals surface area (Å²) in [6.45, 7) is 1.84. The van der Waals surface area contributed by atoms with Gasteiger partial charge in [0.25, 0.3) is 0 Å². The highest BCUT2D eigenvalue weighted by molar-refractivity contribution is 6.30. The highest BCUT2D eigenvalue weighted by Crippen LogP contribution is 2.11. The van der Waals surface area contributed by atoms with Gasteiger partial charge in [0.1, 0.15) is 0 Å². The van der Waals surface area contributed by atoms with Crippen molar-refractivity contribution >= 4 is 17.6 Å². The highest BCUT2D eigenvalue weighted by atomic mass is 35.5. The maximum atomic E-state index is 11.5. The van der Waals surface area contributed by atoms with Gasteiger partial charge in [-0.25, -0.2) is 4.79 Å². The van der Waals surface area contributed by atoms with Gasteiger partial charge in [0.05, 0.1) is 6.10 Å². The molecule has 1 heterocycles. The van der Waals surface area contributed by atoms with Crippen molar-refractivity contribution in [3.8, 4) is 0 Å². The molecular weight excluding hydrogens is 252 g/mol. The Kier molecular flexibility index (Phi) is 4.84. The number of hydrogen-bond acceptors (Lipinski definition) is 2. The minimum Gasteiger partial charge on any atom is -0.376 e. The van der Waals surface area contributed by atoms with E-state index < -0.39 is 0 Å². The first-order valence-electron chi connectivity index (χ1n) is 6.12. The van der Waals surface area contributed by atoms with Crippen LogP contribution in [-0.2, 0) is 11.3 Å². The van der Waals surface area contributed by atoms with E-state index >= 15 is 0 Å². The molecular formula is C13H17ClN2O2. The third kappa shape index (κ3) is 4.20. The van der Waals surface area contributed by atoms with Gasteiger partial charge in [-0.2, -0.15) is 0 Å². The minimum absolute atomic E-state index is 0.168. The van der Waals surface area contributed by atoms with Crippen molar-refractivity contribution < 1.29 is 9.53 Å². The number of urea groups is 1. The van der Waals surface area contributed by atoms with Crippen molar-refractivity contribution in [1.29, 1.82) is 0 Å². The fourth-order valence-corrected chi connectivity index (χ4v) is 2.12. The Morgan fingerprint density at radius 3 is 3.06 bits per heavy atom. The predicted octanol–water partition coefficient (Wildman–Crippen LogP) is 2.32. The Morgan fingerprint density at radius 1 is 1.44 bits per heavy atom. The minimum atomic E-state index is -0.175. The highest BCUT2D eigenvalue weighted by Gasteiger charge is 2.15. The van der Waals surface area contributed by atoms with Gasteiger partial charge in [0, 0.05) is 24.7 Å². The number of benzene rings is 1. The normalized spacial score (nSPS) is 18.6. The van der Waals surface area contributed by atoms with Crippen molar-refractivity contribution in [2.75, 3.05) is 13.2 Å². The van der Waals surface area contributed by atoms with Crippen LogP contribution in [0.25, 0.3) is 0 Å². The molecule has 0 spiro atoms. The molecule has 0 bridgehead atoms. The van der Waals surface area contributed by atoms with E-state index in [-0.39, 0.29) is 12.1 Å². The molecule has 0 saturated carbocycles. The Balaban J connectivity index is 1.68. The van der Waals surface area contributed by atoms with Crippen LogP contribution in [0, 0.1) is 0 Å². The molecule has 0 aromatic heterocycles. The van der Waals surface area contributed by atoms with E-state index in [4.69, 9.17) is 16.3 Å². The lowest BCUT2D eigenvalue weighted by Crippen LogP contribution is -2.39. The molecule has 0 aliphatic carbocycles. The molecule has 2 N–H and O–H groups in total.